The van der Waals surface area contributed by atoms with Gasteiger partial charge in [-0.15, -0.1) is 0 Å². The van der Waals surface area contributed by atoms with Gasteiger partial charge >= 0.3 is 0 Å². The standard InChI is InChI=1S/C27H31ClN2O4S/c1-27(2,20-31)29-26(32)23-12-10-22(11-13-23)19-30(18-6-9-21-7-4-3-5-8-21)35(33,34)25-16-14-24(28)15-17-25/h3-5,7-8,10-17,31H,6,9,18-20H2,1-2H3,(H,29,32). The Morgan fingerprint density at radius 2 is 1.57 bits per heavy atom. The van der Waals surface area contributed by atoms with Crippen LogP contribution in [0.5, 0.6) is 0 Å². The molecule has 0 aliphatic heterocycles. The molecule has 0 unspecified atom stereocenters. The first-order valence-corrected chi connectivity index (χ1v) is 13.2. The Kier molecular flexibility index (Phi) is 9.08. The average Bonchev–Trinajstić information content (AvgIpc) is 2.84. The fourth-order valence-electron chi connectivity index (χ4n) is 3.53. The van der Waals surface area contributed by atoms with Gasteiger partial charge in [0.25, 0.3) is 5.91 Å². The molecule has 0 saturated heterocycles. The minimum absolute atomic E-state index is 0.170. The highest BCUT2D eigenvalue weighted by Crippen LogP contribution is 2.22. The van der Waals surface area contributed by atoms with Crippen LogP contribution in [0.1, 0.15) is 41.8 Å². The molecule has 0 aliphatic rings. The summed E-state index contributed by atoms with van der Waals surface area (Å²) in [6.45, 7) is 3.79. The van der Waals surface area contributed by atoms with E-state index in [1.54, 1.807) is 50.2 Å². The molecule has 0 aromatic heterocycles. The molecule has 0 bridgehead atoms. The molecule has 1 amide bonds. The van der Waals surface area contributed by atoms with E-state index in [2.05, 4.69) is 5.32 Å². The van der Waals surface area contributed by atoms with Gasteiger partial charge in [-0.3, -0.25) is 4.79 Å². The van der Waals surface area contributed by atoms with E-state index in [0.717, 1.165) is 17.5 Å². The van der Waals surface area contributed by atoms with Crippen LogP contribution in [0.25, 0.3) is 0 Å². The Labute approximate surface area is 212 Å². The van der Waals surface area contributed by atoms with Gasteiger partial charge in [-0.1, -0.05) is 54.1 Å². The van der Waals surface area contributed by atoms with Crippen molar-refractivity contribution in [1.29, 1.82) is 0 Å². The zero-order valence-corrected chi connectivity index (χ0v) is 21.5. The summed E-state index contributed by atoms with van der Waals surface area (Å²) in [5.41, 5.74) is 1.61. The number of aliphatic hydroxyl groups excluding tert-OH is 1. The number of hydrogen-bond donors (Lipinski definition) is 2. The van der Waals surface area contributed by atoms with Gasteiger partial charge in [-0.05, 0) is 74.2 Å². The van der Waals surface area contributed by atoms with Gasteiger partial charge in [0.2, 0.25) is 10.0 Å². The Morgan fingerprint density at radius 3 is 2.17 bits per heavy atom. The summed E-state index contributed by atoms with van der Waals surface area (Å²) in [6, 6.07) is 22.9. The molecule has 3 rings (SSSR count). The van der Waals surface area contributed by atoms with Crippen molar-refractivity contribution in [3.05, 3.63) is 101 Å². The van der Waals surface area contributed by atoms with Crippen molar-refractivity contribution < 1.29 is 18.3 Å². The molecule has 0 spiro atoms. The zero-order valence-electron chi connectivity index (χ0n) is 19.9. The van der Waals surface area contributed by atoms with Crippen molar-refractivity contribution in [3.8, 4) is 0 Å². The molecule has 0 heterocycles. The third kappa shape index (κ3) is 7.64. The predicted octanol–water partition coefficient (Wildman–Crippen LogP) is 4.66. The van der Waals surface area contributed by atoms with E-state index in [1.807, 2.05) is 30.3 Å². The number of benzene rings is 3. The quantitative estimate of drug-likeness (QED) is 0.389. The SMILES string of the molecule is CC(C)(CO)NC(=O)c1ccc(CN(CCCc2ccccc2)S(=O)(=O)c2ccc(Cl)cc2)cc1. The van der Waals surface area contributed by atoms with Gasteiger partial charge in [0, 0.05) is 23.7 Å². The Morgan fingerprint density at radius 1 is 0.943 bits per heavy atom. The van der Waals surface area contributed by atoms with Crippen LogP contribution in [-0.2, 0) is 23.0 Å². The summed E-state index contributed by atoms with van der Waals surface area (Å²) in [7, 11) is -3.76. The van der Waals surface area contributed by atoms with Crippen molar-refractivity contribution in [2.45, 2.75) is 43.7 Å². The number of nitrogens with zero attached hydrogens (tertiary/aromatic N) is 1. The number of aliphatic hydroxyl groups is 1. The smallest absolute Gasteiger partial charge is 0.251 e. The van der Waals surface area contributed by atoms with E-state index < -0.39 is 15.6 Å². The average molecular weight is 515 g/mol. The third-order valence-corrected chi connectivity index (χ3v) is 7.70. The molecule has 0 saturated carbocycles. The zero-order chi connectivity index (χ0) is 25.5. The largest absolute Gasteiger partial charge is 0.394 e. The van der Waals surface area contributed by atoms with E-state index in [1.165, 1.54) is 16.4 Å². The number of amides is 1. The fourth-order valence-corrected chi connectivity index (χ4v) is 5.12. The summed E-state index contributed by atoms with van der Waals surface area (Å²) >= 11 is 5.96. The van der Waals surface area contributed by atoms with Gasteiger partial charge < -0.3 is 10.4 Å². The Hall–Kier alpha value is -2.71. The van der Waals surface area contributed by atoms with Crippen LogP contribution in [0.4, 0.5) is 0 Å². The number of halogens is 1. The summed E-state index contributed by atoms with van der Waals surface area (Å²) < 4.78 is 28.4. The lowest BCUT2D eigenvalue weighted by molar-refractivity contribution is 0.0869. The molecule has 0 atom stereocenters. The maximum absolute atomic E-state index is 13.5. The van der Waals surface area contributed by atoms with Crippen LogP contribution >= 0.6 is 11.6 Å². The highest BCUT2D eigenvalue weighted by molar-refractivity contribution is 7.89. The van der Waals surface area contributed by atoms with E-state index in [4.69, 9.17) is 11.6 Å². The van der Waals surface area contributed by atoms with Crippen LogP contribution in [-0.4, -0.2) is 42.4 Å². The minimum Gasteiger partial charge on any atom is -0.394 e. The van der Waals surface area contributed by atoms with E-state index in [0.29, 0.717) is 23.6 Å². The number of rotatable bonds is 11. The first kappa shape index (κ1) is 26.9. The van der Waals surface area contributed by atoms with Crippen LogP contribution in [0.3, 0.4) is 0 Å². The molecule has 0 fully saturated rings. The van der Waals surface area contributed by atoms with Crippen molar-refractivity contribution in [3.63, 3.8) is 0 Å². The first-order valence-electron chi connectivity index (χ1n) is 11.4. The van der Waals surface area contributed by atoms with Gasteiger partial charge in [0.05, 0.1) is 17.0 Å². The third-order valence-electron chi connectivity index (χ3n) is 5.59. The normalized spacial score (nSPS) is 12.0. The molecule has 3 aromatic carbocycles. The number of nitrogens with one attached hydrogen (secondary N) is 1. The number of sulfonamides is 1. The molecule has 6 nitrogen and oxygen atoms in total. The highest BCUT2D eigenvalue weighted by Gasteiger charge is 2.25. The molecule has 8 heteroatoms. The van der Waals surface area contributed by atoms with Crippen molar-refractivity contribution in [1.82, 2.24) is 9.62 Å². The molecule has 0 aliphatic carbocycles. The lowest BCUT2D eigenvalue weighted by Crippen LogP contribution is -2.46. The predicted molar refractivity (Wildman–Crippen MR) is 139 cm³/mol. The van der Waals surface area contributed by atoms with Crippen molar-refractivity contribution in [2.24, 2.45) is 0 Å². The fraction of sp³-hybridized carbons (Fsp3) is 0.296. The topological polar surface area (TPSA) is 86.7 Å². The minimum atomic E-state index is -3.76. The lowest BCUT2D eigenvalue weighted by atomic mass is 10.1. The molecule has 35 heavy (non-hydrogen) atoms. The second-order valence-electron chi connectivity index (χ2n) is 9.07. The Balaban J connectivity index is 1.78. The molecule has 3 aromatic rings. The summed E-state index contributed by atoms with van der Waals surface area (Å²) in [5.74, 6) is -0.302. The number of aryl methyl sites for hydroxylation is 1. The molecule has 2 N–H and O–H groups in total. The van der Waals surface area contributed by atoms with E-state index in [-0.39, 0.29) is 24.0 Å². The molecular formula is C27H31ClN2O4S. The molecule has 0 radical (unpaired) electrons. The molecule has 186 valence electrons. The second-order valence-corrected chi connectivity index (χ2v) is 11.4. The van der Waals surface area contributed by atoms with Crippen LogP contribution in [0.2, 0.25) is 5.02 Å². The van der Waals surface area contributed by atoms with Gasteiger partial charge in [-0.2, -0.15) is 4.31 Å². The second kappa shape index (κ2) is 11.8. The maximum atomic E-state index is 13.5. The molecular weight excluding hydrogens is 484 g/mol. The first-order chi connectivity index (χ1) is 16.6. The highest BCUT2D eigenvalue weighted by atomic mass is 35.5. The number of hydrogen-bond acceptors (Lipinski definition) is 4. The van der Waals surface area contributed by atoms with Crippen LogP contribution in [0, 0.1) is 0 Å². The van der Waals surface area contributed by atoms with Crippen LogP contribution < -0.4 is 5.32 Å². The van der Waals surface area contributed by atoms with E-state index >= 15 is 0 Å². The maximum Gasteiger partial charge on any atom is 0.251 e. The number of carbonyl (C=O) groups is 1. The monoisotopic (exact) mass is 514 g/mol. The summed E-state index contributed by atoms with van der Waals surface area (Å²) in [4.78, 5) is 12.6. The van der Waals surface area contributed by atoms with Gasteiger partial charge in [0.15, 0.2) is 0 Å². The summed E-state index contributed by atoms with van der Waals surface area (Å²) in [5, 5.41) is 12.6. The summed E-state index contributed by atoms with van der Waals surface area (Å²) in [6.07, 6.45) is 1.42. The van der Waals surface area contributed by atoms with E-state index in [9.17, 15) is 18.3 Å². The van der Waals surface area contributed by atoms with Crippen LogP contribution in [0.15, 0.2) is 83.8 Å². The van der Waals surface area contributed by atoms with Gasteiger partial charge in [-0.25, -0.2) is 8.42 Å². The van der Waals surface area contributed by atoms with Gasteiger partial charge in [0.1, 0.15) is 0 Å². The van der Waals surface area contributed by atoms with Crippen molar-refractivity contribution in [2.75, 3.05) is 13.2 Å². The lowest BCUT2D eigenvalue weighted by Gasteiger charge is -2.24. The number of carbonyl (C=O) groups excluding carboxylic acids is 1. The van der Waals surface area contributed by atoms with Crippen molar-refractivity contribution >= 4 is 27.5 Å². The Bertz CT molecular complexity index is 1210.